The van der Waals surface area contributed by atoms with Crippen LogP contribution in [0.15, 0.2) is 35.0 Å². The Morgan fingerprint density at radius 3 is 2.78 bits per heavy atom. The fraction of sp³-hybridized carbons (Fsp3) is 0.421. The van der Waals surface area contributed by atoms with Gasteiger partial charge in [0.1, 0.15) is 5.82 Å². The van der Waals surface area contributed by atoms with Gasteiger partial charge >= 0.3 is 0 Å². The summed E-state index contributed by atoms with van der Waals surface area (Å²) in [5.41, 5.74) is 0.682. The van der Waals surface area contributed by atoms with E-state index in [1.165, 1.54) is 12.1 Å². The van der Waals surface area contributed by atoms with Gasteiger partial charge in [-0.2, -0.15) is 11.3 Å². The fourth-order valence-corrected chi connectivity index (χ4v) is 4.74. The van der Waals surface area contributed by atoms with Crippen LogP contribution in [0.1, 0.15) is 35.2 Å². The van der Waals surface area contributed by atoms with Crippen molar-refractivity contribution in [2.24, 2.45) is 5.41 Å². The number of carbonyl (C=O) groups excluding carboxylic acids is 1. The van der Waals surface area contributed by atoms with Crippen LogP contribution in [0.4, 0.5) is 10.1 Å². The number of amides is 1. The normalized spacial score (nSPS) is 20.4. The lowest BCUT2D eigenvalue weighted by molar-refractivity contribution is -0.385. The Morgan fingerprint density at radius 2 is 2.15 bits per heavy atom. The zero-order valence-corrected chi connectivity index (χ0v) is 15.5. The molecule has 1 aliphatic carbocycles. The number of hydrogen-bond acceptors (Lipinski definition) is 5. The molecular formula is C19H20FN3O3S. The van der Waals surface area contributed by atoms with Gasteiger partial charge in [0.25, 0.3) is 11.6 Å². The molecular weight excluding hydrogens is 369 g/mol. The average molecular weight is 389 g/mol. The molecule has 4 rings (SSSR count). The predicted molar refractivity (Wildman–Crippen MR) is 100 cm³/mol. The number of halogens is 1. The van der Waals surface area contributed by atoms with Crippen molar-refractivity contribution in [2.75, 3.05) is 13.1 Å². The minimum absolute atomic E-state index is 0.0848. The van der Waals surface area contributed by atoms with Crippen molar-refractivity contribution < 1.29 is 14.1 Å². The predicted octanol–water partition coefficient (Wildman–Crippen LogP) is 3.58. The fourth-order valence-electron chi connectivity index (χ4n) is 4.08. The molecule has 1 aromatic heterocycles. The summed E-state index contributed by atoms with van der Waals surface area (Å²) in [5.74, 6) is -1.24. The summed E-state index contributed by atoms with van der Waals surface area (Å²) in [6, 6.07) is 5.29. The Kier molecular flexibility index (Phi) is 4.69. The molecule has 1 saturated heterocycles. The maximum atomic E-state index is 14.5. The topological polar surface area (TPSA) is 75.5 Å². The molecule has 1 unspecified atom stereocenters. The lowest BCUT2D eigenvalue weighted by Gasteiger charge is -2.29. The van der Waals surface area contributed by atoms with Crippen molar-refractivity contribution in [3.05, 3.63) is 62.1 Å². The molecule has 1 saturated carbocycles. The van der Waals surface area contributed by atoms with Crippen molar-refractivity contribution in [3.63, 3.8) is 0 Å². The molecule has 1 aliphatic heterocycles. The monoisotopic (exact) mass is 389 g/mol. The van der Waals surface area contributed by atoms with Crippen LogP contribution in [0.3, 0.4) is 0 Å². The highest BCUT2D eigenvalue weighted by molar-refractivity contribution is 7.07. The Bertz CT molecular complexity index is 865. The molecule has 6 nitrogen and oxygen atoms in total. The molecule has 1 spiro atoms. The number of hydrogen-bond donors (Lipinski definition) is 1. The van der Waals surface area contributed by atoms with Crippen molar-refractivity contribution in [2.45, 2.75) is 31.8 Å². The molecule has 1 atom stereocenters. The van der Waals surface area contributed by atoms with Gasteiger partial charge in [-0.1, -0.05) is 0 Å². The first-order valence-corrected chi connectivity index (χ1v) is 9.91. The van der Waals surface area contributed by atoms with Crippen LogP contribution in [-0.2, 0) is 6.54 Å². The maximum absolute atomic E-state index is 14.5. The summed E-state index contributed by atoms with van der Waals surface area (Å²) in [7, 11) is 0. The number of nitrogens with one attached hydrogen (secondary N) is 1. The number of non-ortho nitro benzene ring substituents is 1. The Morgan fingerprint density at radius 1 is 1.37 bits per heavy atom. The number of carbonyl (C=O) groups is 1. The highest BCUT2D eigenvalue weighted by Crippen LogP contribution is 2.56. The van der Waals surface area contributed by atoms with E-state index >= 15 is 0 Å². The van der Waals surface area contributed by atoms with Gasteiger partial charge in [0.15, 0.2) is 0 Å². The SMILES string of the molecule is O=C(c1ccc([N+](=O)[O-])cc1F)N(Cc1ccsc1)C1CC12CCNCC2. The molecule has 1 aromatic carbocycles. The van der Waals surface area contributed by atoms with Crippen LogP contribution in [-0.4, -0.2) is 34.9 Å². The average Bonchev–Trinajstić information content (AvgIpc) is 3.09. The van der Waals surface area contributed by atoms with Crippen LogP contribution >= 0.6 is 11.3 Å². The van der Waals surface area contributed by atoms with E-state index in [0.29, 0.717) is 6.54 Å². The largest absolute Gasteiger partial charge is 0.331 e. The highest BCUT2D eigenvalue weighted by Gasteiger charge is 2.57. The van der Waals surface area contributed by atoms with Gasteiger partial charge in [-0.05, 0) is 66.2 Å². The molecule has 8 heteroatoms. The quantitative estimate of drug-likeness (QED) is 0.626. The van der Waals surface area contributed by atoms with E-state index in [9.17, 15) is 19.3 Å². The number of nitro groups is 1. The third-order valence-electron chi connectivity index (χ3n) is 5.71. The van der Waals surface area contributed by atoms with Gasteiger partial charge in [-0.15, -0.1) is 0 Å². The van der Waals surface area contributed by atoms with E-state index in [1.807, 2.05) is 16.8 Å². The van der Waals surface area contributed by atoms with E-state index in [-0.39, 0.29) is 22.7 Å². The molecule has 1 N–H and O–H groups in total. The lowest BCUT2D eigenvalue weighted by atomic mass is 9.93. The van der Waals surface area contributed by atoms with Gasteiger partial charge in [-0.3, -0.25) is 14.9 Å². The summed E-state index contributed by atoms with van der Waals surface area (Å²) < 4.78 is 14.5. The van der Waals surface area contributed by atoms with E-state index < -0.39 is 16.6 Å². The molecule has 0 bridgehead atoms. The second kappa shape index (κ2) is 7.01. The number of nitro benzene ring substituents is 1. The number of piperidine rings is 1. The molecule has 2 fully saturated rings. The maximum Gasteiger partial charge on any atom is 0.272 e. The second-order valence-corrected chi connectivity index (χ2v) is 8.10. The third-order valence-corrected chi connectivity index (χ3v) is 6.44. The van der Waals surface area contributed by atoms with Gasteiger partial charge in [-0.25, -0.2) is 4.39 Å². The number of thiophene rings is 1. The minimum atomic E-state index is -0.843. The van der Waals surface area contributed by atoms with E-state index in [0.717, 1.165) is 44.0 Å². The molecule has 2 aliphatic rings. The molecule has 1 amide bonds. The molecule has 2 heterocycles. The highest BCUT2D eigenvalue weighted by atomic mass is 32.1. The van der Waals surface area contributed by atoms with Crippen LogP contribution in [0.25, 0.3) is 0 Å². The van der Waals surface area contributed by atoms with Gasteiger partial charge in [0, 0.05) is 18.7 Å². The zero-order valence-electron chi connectivity index (χ0n) is 14.7. The molecule has 2 aromatic rings. The number of rotatable bonds is 5. The molecule has 0 radical (unpaired) electrons. The first kappa shape index (κ1) is 18.1. The first-order valence-electron chi connectivity index (χ1n) is 8.97. The van der Waals surface area contributed by atoms with Crippen molar-refractivity contribution >= 4 is 22.9 Å². The smallest absolute Gasteiger partial charge is 0.272 e. The molecule has 27 heavy (non-hydrogen) atoms. The standard InChI is InChI=1S/C19H20FN3O3S/c20-16-9-14(23(25)26)1-2-15(16)18(24)22(11-13-3-8-27-12-13)17-10-19(17)4-6-21-7-5-19/h1-3,8-9,12,17,21H,4-7,10-11H2. The number of benzene rings is 1. The first-order chi connectivity index (χ1) is 13.0. The lowest BCUT2D eigenvalue weighted by Crippen LogP contribution is -2.39. The Hall–Kier alpha value is -2.32. The summed E-state index contributed by atoms with van der Waals surface area (Å²) in [6.07, 6.45) is 2.95. The second-order valence-electron chi connectivity index (χ2n) is 7.32. The summed E-state index contributed by atoms with van der Waals surface area (Å²) in [6.45, 7) is 2.30. The van der Waals surface area contributed by atoms with E-state index in [4.69, 9.17) is 0 Å². The summed E-state index contributed by atoms with van der Waals surface area (Å²) in [4.78, 5) is 25.1. The van der Waals surface area contributed by atoms with Crippen LogP contribution in [0.2, 0.25) is 0 Å². The van der Waals surface area contributed by atoms with Crippen molar-refractivity contribution in [1.82, 2.24) is 10.2 Å². The van der Waals surface area contributed by atoms with E-state index in [1.54, 1.807) is 16.2 Å². The molecule has 142 valence electrons. The van der Waals surface area contributed by atoms with Crippen molar-refractivity contribution in [3.8, 4) is 0 Å². The third kappa shape index (κ3) is 3.46. The van der Waals surface area contributed by atoms with Gasteiger partial charge in [0.2, 0.25) is 0 Å². The van der Waals surface area contributed by atoms with Crippen LogP contribution < -0.4 is 5.32 Å². The summed E-state index contributed by atoms with van der Waals surface area (Å²) >= 11 is 1.56. The van der Waals surface area contributed by atoms with E-state index in [2.05, 4.69) is 5.32 Å². The van der Waals surface area contributed by atoms with Crippen LogP contribution in [0.5, 0.6) is 0 Å². The Labute approximate surface area is 160 Å². The van der Waals surface area contributed by atoms with Crippen LogP contribution in [0, 0.1) is 21.3 Å². The van der Waals surface area contributed by atoms with Gasteiger partial charge in [0.05, 0.1) is 16.6 Å². The Balaban J connectivity index is 1.62. The zero-order chi connectivity index (χ0) is 19.0. The van der Waals surface area contributed by atoms with Crippen molar-refractivity contribution in [1.29, 1.82) is 0 Å². The summed E-state index contributed by atoms with van der Waals surface area (Å²) in [5, 5.41) is 18.1. The van der Waals surface area contributed by atoms with Gasteiger partial charge < -0.3 is 10.2 Å². The number of nitrogens with zero attached hydrogens (tertiary/aromatic N) is 2. The minimum Gasteiger partial charge on any atom is -0.331 e.